The van der Waals surface area contributed by atoms with Gasteiger partial charge in [-0.25, -0.2) is 0 Å². The summed E-state index contributed by atoms with van der Waals surface area (Å²) in [6.45, 7) is 13.2. The van der Waals surface area contributed by atoms with E-state index in [2.05, 4.69) is 47.6 Å². The molecule has 0 aliphatic heterocycles. The van der Waals surface area contributed by atoms with Crippen LogP contribution in [0.25, 0.3) is 0 Å². The Balaban J connectivity index is 1.49. The summed E-state index contributed by atoms with van der Waals surface area (Å²) in [6, 6.07) is 0. The van der Waals surface area contributed by atoms with Crippen LogP contribution in [0.4, 0.5) is 0 Å². The number of Topliss-reactive ketones (excluding diaryl/α,β-unsaturated/α-hetero) is 1. The van der Waals surface area contributed by atoms with Crippen LogP contribution in [0.2, 0.25) is 0 Å². The Kier molecular flexibility index (Phi) is 6.51. The number of rotatable bonds is 5. The standard InChI is InChI=1S/C29H48O3/c1-7-29(32)15-14-20-19(16-29)9-10-21-23-12-11-22(28(23,6)17-24(30)26(20)21)18(2)8-13-25(31)27(3,4)5/h9,18,20-23,25-26,31-32H,7-8,10-17H2,1-6H3/t18-,20+,21+,22-,23+,25-,26-,28-,29+/m1/s1. The lowest BCUT2D eigenvalue weighted by Crippen LogP contribution is -2.52. The highest BCUT2D eigenvalue weighted by Gasteiger charge is 2.60. The second-order valence-corrected chi connectivity index (χ2v) is 13.5. The number of carbonyl (C=O) groups is 1. The van der Waals surface area contributed by atoms with Crippen LogP contribution in [0, 0.1) is 46.3 Å². The molecule has 0 aromatic heterocycles. The van der Waals surface area contributed by atoms with Crippen LogP contribution in [0.5, 0.6) is 0 Å². The van der Waals surface area contributed by atoms with Crippen LogP contribution in [-0.4, -0.2) is 27.7 Å². The molecule has 3 fully saturated rings. The van der Waals surface area contributed by atoms with Crippen molar-refractivity contribution in [1.29, 1.82) is 0 Å². The summed E-state index contributed by atoms with van der Waals surface area (Å²) in [5, 5.41) is 21.4. The summed E-state index contributed by atoms with van der Waals surface area (Å²) in [4.78, 5) is 13.7. The lowest BCUT2D eigenvalue weighted by Gasteiger charge is -2.54. The Morgan fingerprint density at radius 1 is 1.16 bits per heavy atom. The zero-order valence-electron chi connectivity index (χ0n) is 21.5. The number of aliphatic hydroxyl groups excluding tert-OH is 1. The summed E-state index contributed by atoms with van der Waals surface area (Å²) >= 11 is 0. The molecule has 4 aliphatic rings. The van der Waals surface area contributed by atoms with E-state index in [1.807, 2.05) is 0 Å². The maximum absolute atomic E-state index is 13.7. The van der Waals surface area contributed by atoms with Gasteiger partial charge >= 0.3 is 0 Å². The number of fused-ring (bicyclic) bond motifs is 5. The van der Waals surface area contributed by atoms with Gasteiger partial charge in [-0.2, -0.15) is 0 Å². The molecule has 3 heteroatoms. The molecule has 0 bridgehead atoms. The molecule has 2 N–H and O–H groups in total. The Bertz CT molecular complexity index is 748. The predicted octanol–water partition coefficient (Wildman–Crippen LogP) is 6.32. The monoisotopic (exact) mass is 444 g/mol. The zero-order valence-corrected chi connectivity index (χ0v) is 21.5. The molecule has 0 saturated heterocycles. The Hall–Kier alpha value is -0.670. The van der Waals surface area contributed by atoms with E-state index in [0.717, 1.165) is 51.4 Å². The number of hydrogen-bond acceptors (Lipinski definition) is 3. The fourth-order valence-electron chi connectivity index (χ4n) is 8.50. The van der Waals surface area contributed by atoms with Crippen LogP contribution >= 0.6 is 0 Å². The zero-order chi connectivity index (χ0) is 23.5. The first kappa shape index (κ1) is 24.5. The van der Waals surface area contributed by atoms with Gasteiger partial charge in [-0.15, -0.1) is 0 Å². The maximum Gasteiger partial charge on any atom is 0.137 e. The van der Waals surface area contributed by atoms with Crippen molar-refractivity contribution >= 4 is 5.78 Å². The molecule has 3 saturated carbocycles. The normalized spacial score (nSPS) is 43.7. The van der Waals surface area contributed by atoms with Gasteiger partial charge in [0.25, 0.3) is 0 Å². The Morgan fingerprint density at radius 3 is 2.53 bits per heavy atom. The summed E-state index contributed by atoms with van der Waals surface area (Å²) < 4.78 is 0. The van der Waals surface area contributed by atoms with Gasteiger partial charge in [0.1, 0.15) is 5.78 Å². The molecule has 0 unspecified atom stereocenters. The van der Waals surface area contributed by atoms with Crippen LogP contribution in [0.3, 0.4) is 0 Å². The second kappa shape index (κ2) is 8.52. The summed E-state index contributed by atoms with van der Waals surface area (Å²) in [6.07, 6.45) is 11.8. The number of allylic oxidation sites excluding steroid dienone is 1. The van der Waals surface area contributed by atoms with Gasteiger partial charge in [0.15, 0.2) is 0 Å². The smallest absolute Gasteiger partial charge is 0.137 e. The van der Waals surface area contributed by atoms with Gasteiger partial charge in [0.2, 0.25) is 0 Å². The largest absolute Gasteiger partial charge is 0.393 e. The van der Waals surface area contributed by atoms with Gasteiger partial charge in [-0.1, -0.05) is 53.2 Å². The highest BCUT2D eigenvalue weighted by Crippen LogP contribution is 2.64. The van der Waals surface area contributed by atoms with E-state index in [4.69, 9.17) is 0 Å². The molecule has 0 amide bonds. The van der Waals surface area contributed by atoms with E-state index in [9.17, 15) is 15.0 Å². The number of ketones is 1. The minimum absolute atomic E-state index is 0.0636. The van der Waals surface area contributed by atoms with Crippen molar-refractivity contribution < 1.29 is 15.0 Å². The lowest BCUT2D eigenvalue weighted by atomic mass is 9.50. The first-order valence-corrected chi connectivity index (χ1v) is 13.5. The molecule has 182 valence electrons. The van der Waals surface area contributed by atoms with Crippen molar-refractivity contribution in [2.45, 2.75) is 117 Å². The lowest BCUT2D eigenvalue weighted by molar-refractivity contribution is -0.141. The van der Waals surface area contributed by atoms with Gasteiger partial charge in [-0.05, 0) is 98.2 Å². The van der Waals surface area contributed by atoms with Crippen LogP contribution in [0.1, 0.15) is 106 Å². The van der Waals surface area contributed by atoms with Crippen LogP contribution < -0.4 is 0 Å². The molecule has 4 rings (SSSR count). The molecule has 4 aliphatic carbocycles. The van der Waals surface area contributed by atoms with Gasteiger partial charge in [-0.3, -0.25) is 4.79 Å². The van der Waals surface area contributed by atoms with Crippen molar-refractivity contribution in [2.24, 2.45) is 46.3 Å². The van der Waals surface area contributed by atoms with Crippen molar-refractivity contribution in [3.63, 3.8) is 0 Å². The van der Waals surface area contributed by atoms with E-state index < -0.39 is 5.60 Å². The van der Waals surface area contributed by atoms with Gasteiger partial charge in [0.05, 0.1) is 11.7 Å². The van der Waals surface area contributed by atoms with Crippen molar-refractivity contribution in [2.75, 3.05) is 0 Å². The average molecular weight is 445 g/mol. The topological polar surface area (TPSA) is 57.5 Å². The summed E-state index contributed by atoms with van der Waals surface area (Å²) in [5.74, 6) is 3.39. The highest BCUT2D eigenvalue weighted by molar-refractivity contribution is 5.84. The minimum Gasteiger partial charge on any atom is -0.393 e. The summed E-state index contributed by atoms with van der Waals surface area (Å²) in [5.41, 5.74) is 0.894. The minimum atomic E-state index is -0.549. The predicted molar refractivity (Wildman–Crippen MR) is 130 cm³/mol. The average Bonchev–Trinajstić information content (AvgIpc) is 3.07. The molecule has 0 spiro atoms. The van der Waals surface area contributed by atoms with Gasteiger partial charge < -0.3 is 10.2 Å². The third-order valence-electron chi connectivity index (χ3n) is 10.6. The van der Waals surface area contributed by atoms with E-state index in [1.54, 1.807) is 0 Å². The number of hydrogen-bond donors (Lipinski definition) is 2. The third kappa shape index (κ3) is 4.15. The molecular weight excluding hydrogens is 396 g/mol. The number of aliphatic hydroxyl groups is 2. The Labute approximate surface area is 196 Å². The number of carbonyl (C=O) groups excluding carboxylic acids is 1. The molecule has 0 aromatic rings. The SMILES string of the molecule is CC[C@]1(O)CC[C@H]2C(=CC[C@@H]3[C@@H]2C(=O)C[C@]2(C)[C@@H]([C@H](C)CC[C@@H](O)C(C)(C)C)CC[C@@H]32)C1. The molecule has 0 radical (unpaired) electrons. The molecule has 9 atom stereocenters. The molecule has 0 aromatic carbocycles. The van der Waals surface area contributed by atoms with E-state index in [-0.39, 0.29) is 22.9 Å². The maximum atomic E-state index is 13.7. The van der Waals surface area contributed by atoms with E-state index in [1.165, 1.54) is 18.4 Å². The summed E-state index contributed by atoms with van der Waals surface area (Å²) in [7, 11) is 0. The Morgan fingerprint density at radius 2 is 1.88 bits per heavy atom. The quantitative estimate of drug-likeness (QED) is 0.488. The molecular formula is C29H48O3. The van der Waals surface area contributed by atoms with E-state index >= 15 is 0 Å². The second-order valence-electron chi connectivity index (χ2n) is 13.5. The fraction of sp³-hybridized carbons (Fsp3) is 0.897. The van der Waals surface area contributed by atoms with Crippen LogP contribution in [-0.2, 0) is 4.79 Å². The van der Waals surface area contributed by atoms with Crippen LogP contribution in [0.15, 0.2) is 11.6 Å². The van der Waals surface area contributed by atoms with Crippen molar-refractivity contribution in [1.82, 2.24) is 0 Å². The first-order valence-electron chi connectivity index (χ1n) is 13.5. The molecule has 0 heterocycles. The molecule has 32 heavy (non-hydrogen) atoms. The van der Waals surface area contributed by atoms with E-state index in [0.29, 0.717) is 35.4 Å². The fourth-order valence-corrected chi connectivity index (χ4v) is 8.50. The first-order chi connectivity index (χ1) is 14.9. The third-order valence-corrected chi connectivity index (χ3v) is 10.6. The molecule has 3 nitrogen and oxygen atoms in total. The van der Waals surface area contributed by atoms with Crippen molar-refractivity contribution in [3.8, 4) is 0 Å². The van der Waals surface area contributed by atoms with Crippen molar-refractivity contribution in [3.05, 3.63) is 11.6 Å². The van der Waals surface area contributed by atoms with Gasteiger partial charge in [0, 0.05) is 12.3 Å². The highest BCUT2D eigenvalue weighted by atomic mass is 16.3.